The third kappa shape index (κ3) is 4.54. The first-order chi connectivity index (χ1) is 15.2. The maximum atomic E-state index is 12.8. The number of anilines is 1. The predicted octanol–water partition coefficient (Wildman–Crippen LogP) is 3.77. The van der Waals surface area contributed by atoms with Gasteiger partial charge in [0.15, 0.2) is 5.82 Å². The maximum Gasteiger partial charge on any atom is 0.387 e. The lowest BCUT2D eigenvalue weighted by Gasteiger charge is -2.28. The number of halogens is 2. The molecule has 0 spiro atoms. The lowest BCUT2D eigenvalue weighted by molar-refractivity contribution is -0.0499. The number of aromatic nitrogens is 3. The van der Waals surface area contributed by atoms with Crippen LogP contribution < -0.4 is 9.64 Å². The molecule has 1 saturated heterocycles. The summed E-state index contributed by atoms with van der Waals surface area (Å²) in [5.41, 5.74) is 1.29. The Labute approximate surface area is 177 Å². The molecule has 3 aromatic rings. The number of para-hydroxylation sites is 2. The molecule has 9 heteroatoms. The fourth-order valence-corrected chi connectivity index (χ4v) is 3.34. The highest BCUT2D eigenvalue weighted by atomic mass is 19.3. The van der Waals surface area contributed by atoms with Gasteiger partial charge in [0.2, 0.25) is 5.95 Å². The van der Waals surface area contributed by atoms with E-state index >= 15 is 0 Å². The van der Waals surface area contributed by atoms with Gasteiger partial charge < -0.3 is 14.4 Å². The first-order valence-electron chi connectivity index (χ1n) is 9.67. The Bertz CT molecular complexity index is 1100. The van der Waals surface area contributed by atoms with Crippen molar-refractivity contribution < 1.29 is 18.3 Å². The van der Waals surface area contributed by atoms with Gasteiger partial charge >= 0.3 is 6.61 Å². The number of alkyl halides is 2. The Hall–Kier alpha value is -3.77. The van der Waals surface area contributed by atoms with E-state index in [0.717, 1.165) is 5.69 Å². The van der Waals surface area contributed by atoms with Crippen molar-refractivity contribution in [3.8, 4) is 17.5 Å². The molecule has 0 saturated carbocycles. The monoisotopic (exact) mass is 423 g/mol. The molecule has 1 aliphatic heterocycles. The van der Waals surface area contributed by atoms with Crippen LogP contribution >= 0.6 is 0 Å². The van der Waals surface area contributed by atoms with E-state index in [9.17, 15) is 14.0 Å². The van der Waals surface area contributed by atoms with Gasteiger partial charge in [-0.05, 0) is 24.3 Å². The van der Waals surface area contributed by atoms with Crippen molar-refractivity contribution in [2.75, 3.05) is 31.2 Å². The summed E-state index contributed by atoms with van der Waals surface area (Å²) >= 11 is 0. The number of rotatable bonds is 6. The average molecular weight is 423 g/mol. The van der Waals surface area contributed by atoms with E-state index < -0.39 is 6.61 Å². The Morgan fingerprint density at radius 1 is 1.06 bits per heavy atom. The van der Waals surface area contributed by atoms with Crippen LogP contribution in [0.4, 0.5) is 14.7 Å². The molecule has 1 fully saturated rings. The molecule has 1 aliphatic rings. The minimum atomic E-state index is -2.97. The third-order valence-electron chi connectivity index (χ3n) is 4.75. The number of nitrogens with zero attached hydrogens (tertiary/aromatic N) is 5. The smallest absolute Gasteiger partial charge is 0.387 e. The summed E-state index contributed by atoms with van der Waals surface area (Å²) in [6.45, 7) is -0.559. The maximum absolute atomic E-state index is 12.8. The zero-order chi connectivity index (χ0) is 21.6. The number of hydrogen-bond donors (Lipinski definition) is 0. The molecular weight excluding hydrogens is 404 g/mol. The minimum Gasteiger partial charge on any atom is -0.434 e. The average Bonchev–Trinajstić information content (AvgIpc) is 3.24. The van der Waals surface area contributed by atoms with Crippen LogP contribution in [0.25, 0.3) is 17.3 Å². The second kappa shape index (κ2) is 9.36. The fourth-order valence-electron chi connectivity index (χ4n) is 3.34. The molecule has 7 nitrogen and oxygen atoms in total. The van der Waals surface area contributed by atoms with Gasteiger partial charge in [-0.3, -0.25) is 4.57 Å². The summed E-state index contributed by atoms with van der Waals surface area (Å²) in [6, 6.07) is 17.8. The van der Waals surface area contributed by atoms with Crippen molar-refractivity contribution in [1.82, 2.24) is 14.8 Å². The van der Waals surface area contributed by atoms with Crippen LogP contribution in [-0.4, -0.2) is 47.7 Å². The molecule has 0 amide bonds. The van der Waals surface area contributed by atoms with Gasteiger partial charge in [0, 0.05) is 18.7 Å². The van der Waals surface area contributed by atoms with Gasteiger partial charge in [0.05, 0.1) is 24.5 Å². The van der Waals surface area contributed by atoms with E-state index in [4.69, 9.17) is 4.74 Å². The normalized spacial score (nSPS) is 14.5. The molecule has 4 rings (SSSR count). The molecule has 31 heavy (non-hydrogen) atoms. The Balaban J connectivity index is 1.82. The molecule has 0 radical (unpaired) electrons. The van der Waals surface area contributed by atoms with Crippen molar-refractivity contribution in [3.05, 3.63) is 66.0 Å². The second-order valence-electron chi connectivity index (χ2n) is 6.68. The number of benzene rings is 2. The molecule has 0 atom stereocenters. The van der Waals surface area contributed by atoms with Crippen molar-refractivity contribution in [1.29, 1.82) is 5.26 Å². The lowest BCUT2D eigenvalue weighted by atomic mass is 10.1. The van der Waals surface area contributed by atoms with E-state index in [1.54, 1.807) is 22.8 Å². The molecule has 0 N–H and O–H groups in total. The zero-order valence-electron chi connectivity index (χ0n) is 16.5. The van der Waals surface area contributed by atoms with Crippen LogP contribution in [0.15, 0.2) is 54.6 Å². The van der Waals surface area contributed by atoms with Gasteiger partial charge in [-0.25, -0.2) is 0 Å². The summed E-state index contributed by atoms with van der Waals surface area (Å²) in [5, 5.41) is 18.5. The van der Waals surface area contributed by atoms with Gasteiger partial charge in [-0.1, -0.05) is 36.4 Å². The molecule has 158 valence electrons. The van der Waals surface area contributed by atoms with Crippen molar-refractivity contribution in [2.45, 2.75) is 6.61 Å². The quantitative estimate of drug-likeness (QED) is 0.562. The van der Waals surface area contributed by atoms with E-state index in [1.807, 2.05) is 35.2 Å². The van der Waals surface area contributed by atoms with Crippen molar-refractivity contribution in [3.63, 3.8) is 0 Å². The highest BCUT2D eigenvalue weighted by Crippen LogP contribution is 2.29. The Morgan fingerprint density at radius 3 is 2.48 bits per heavy atom. The molecular formula is C22H19F2N5O2. The Kier molecular flexibility index (Phi) is 6.19. The molecule has 2 heterocycles. The number of ether oxygens (including phenoxy) is 2. The van der Waals surface area contributed by atoms with Crippen LogP contribution in [0.2, 0.25) is 0 Å². The van der Waals surface area contributed by atoms with Crippen molar-refractivity contribution >= 4 is 17.6 Å². The zero-order valence-corrected chi connectivity index (χ0v) is 16.5. The molecule has 1 aromatic heterocycles. The predicted molar refractivity (Wildman–Crippen MR) is 111 cm³/mol. The number of nitriles is 1. The third-order valence-corrected chi connectivity index (χ3v) is 4.75. The topological polar surface area (TPSA) is 76.2 Å². The SMILES string of the molecule is N#CC(=Cc1ccccc1OC(F)F)c1nnc(N2CCOCC2)n1-c1ccccc1. The fraction of sp³-hybridized carbons (Fsp3) is 0.227. The van der Waals surface area contributed by atoms with Crippen LogP contribution in [0.5, 0.6) is 5.75 Å². The van der Waals surface area contributed by atoms with E-state index in [0.29, 0.717) is 43.6 Å². The van der Waals surface area contributed by atoms with E-state index in [1.165, 1.54) is 12.1 Å². The van der Waals surface area contributed by atoms with Crippen LogP contribution in [0.1, 0.15) is 11.4 Å². The lowest BCUT2D eigenvalue weighted by Crippen LogP contribution is -2.38. The largest absolute Gasteiger partial charge is 0.434 e. The second-order valence-corrected chi connectivity index (χ2v) is 6.68. The highest BCUT2D eigenvalue weighted by molar-refractivity contribution is 5.89. The summed E-state index contributed by atoms with van der Waals surface area (Å²) in [5.74, 6) is 0.870. The van der Waals surface area contributed by atoms with Gasteiger partial charge in [-0.2, -0.15) is 14.0 Å². The molecule has 0 aliphatic carbocycles. The number of hydrogen-bond acceptors (Lipinski definition) is 6. The van der Waals surface area contributed by atoms with Crippen LogP contribution in [-0.2, 0) is 4.74 Å². The minimum absolute atomic E-state index is 0.0237. The van der Waals surface area contributed by atoms with E-state index in [-0.39, 0.29) is 11.3 Å². The summed E-state index contributed by atoms with van der Waals surface area (Å²) in [4.78, 5) is 2.04. The highest BCUT2D eigenvalue weighted by Gasteiger charge is 2.23. The molecule has 2 aromatic carbocycles. The number of morpholine rings is 1. The number of allylic oxidation sites excluding steroid dienone is 1. The van der Waals surface area contributed by atoms with Crippen LogP contribution in [0, 0.1) is 11.3 Å². The summed E-state index contributed by atoms with van der Waals surface area (Å²) in [6.07, 6.45) is 1.48. The summed E-state index contributed by atoms with van der Waals surface area (Å²) in [7, 11) is 0. The molecule has 0 bridgehead atoms. The van der Waals surface area contributed by atoms with Crippen LogP contribution in [0.3, 0.4) is 0 Å². The summed E-state index contributed by atoms with van der Waals surface area (Å²) < 4.78 is 37.4. The van der Waals surface area contributed by atoms with Crippen molar-refractivity contribution in [2.24, 2.45) is 0 Å². The van der Waals surface area contributed by atoms with Gasteiger partial charge in [0.25, 0.3) is 0 Å². The Morgan fingerprint density at radius 2 is 1.77 bits per heavy atom. The van der Waals surface area contributed by atoms with Gasteiger partial charge in [0.1, 0.15) is 11.8 Å². The first-order valence-corrected chi connectivity index (χ1v) is 9.67. The molecule has 0 unspecified atom stereocenters. The first kappa shape index (κ1) is 20.5. The standard InChI is InChI=1S/C22H19F2N5O2/c23-21(24)31-19-9-5-4-6-16(19)14-17(15-25)20-26-27-22(28-10-12-30-13-11-28)29(20)18-7-2-1-3-8-18/h1-9,14,21H,10-13H2. The van der Waals surface area contributed by atoms with E-state index in [2.05, 4.69) is 21.0 Å². The van der Waals surface area contributed by atoms with Gasteiger partial charge in [-0.15, -0.1) is 10.2 Å².